The standard InChI is InChI=1S/C14H16N2O/c1-10(2)14(17)13-9-16(15-11(13)3)12-7-5-4-6-8-12/h4-10H,1-3H3. The number of Topliss-reactive ketones (excluding diaryl/α,β-unsaturated/α-hetero) is 1. The van der Waals surface area contributed by atoms with Gasteiger partial charge in [0.2, 0.25) is 0 Å². The van der Waals surface area contributed by atoms with Gasteiger partial charge in [0.1, 0.15) is 0 Å². The highest BCUT2D eigenvalue weighted by Crippen LogP contribution is 2.15. The lowest BCUT2D eigenvalue weighted by Crippen LogP contribution is -2.07. The van der Waals surface area contributed by atoms with Crippen LogP contribution >= 0.6 is 0 Å². The maximum Gasteiger partial charge on any atom is 0.168 e. The van der Waals surface area contributed by atoms with E-state index in [9.17, 15) is 4.79 Å². The molecule has 88 valence electrons. The Morgan fingerprint density at radius 3 is 2.47 bits per heavy atom. The van der Waals surface area contributed by atoms with Crippen molar-refractivity contribution in [3.8, 4) is 5.69 Å². The van der Waals surface area contributed by atoms with Crippen LogP contribution in [0.25, 0.3) is 5.69 Å². The molecule has 0 aliphatic rings. The van der Waals surface area contributed by atoms with E-state index in [1.165, 1.54) is 0 Å². The molecule has 3 nitrogen and oxygen atoms in total. The van der Waals surface area contributed by atoms with Gasteiger partial charge in [0.15, 0.2) is 5.78 Å². The van der Waals surface area contributed by atoms with Crippen molar-refractivity contribution in [2.24, 2.45) is 5.92 Å². The van der Waals surface area contributed by atoms with Crippen molar-refractivity contribution < 1.29 is 4.79 Å². The van der Waals surface area contributed by atoms with Gasteiger partial charge in [-0.1, -0.05) is 32.0 Å². The zero-order chi connectivity index (χ0) is 12.4. The van der Waals surface area contributed by atoms with Gasteiger partial charge in [0, 0.05) is 12.1 Å². The molecule has 0 saturated heterocycles. The highest BCUT2D eigenvalue weighted by atomic mass is 16.1. The normalized spacial score (nSPS) is 10.8. The SMILES string of the molecule is Cc1nn(-c2ccccc2)cc1C(=O)C(C)C. The topological polar surface area (TPSA) is 34.9 Å². The van der Waals surface area contributed by atoms with Crippen molar-refractivity contribution in [2.45, 2.75) is 20.8 Å². The first kappa shape index (κ1) is 11.6. The van der Waals surface area contributed by atoms with Crippen LogP contribution in [0.15, 0.2) is 36.5 Å². The Morgan fingerprint density at radius 2 is 1.88 bits per heavy atom. The Morgan fingerprint density at radius 1 is 1.24 bits per heavy atom. The van der Waals surface area contributed by atoms with Gasteiger partial charge in [-0.25, -0.2) is 4.68 Å². The van der Waals surface area contributed by atoms with E-state index in [1.807, 2.05) is 57.3 Å². The minimum absolute atomic E-state index is 0.00197. The van der Waals surface area contributed by atoms with E-state index in [0.29, 0.717) is 5.56 Å². The Bertz CT molecular complexity index is 526. The number of nitrogens with zero attached hydrogens (tertiary/aromatic N) is 2. The number of benzene rings is 1. The smallest absolute Gasteiger partial charge is 0.168 e. The lowest BCUT2D eigenvalue weighted by Gasteiger charge is -2.01. The summed E-state index contributed by atoms with van der Waals surface area (Å²) in [6.07, 6.45) is 1.81. The van der Waals surface area contributed by atoms with Crippen molar-refractivity contribution in [1.82, 2.24) is 9.78 Å². The van der Waals surface area contributed by atoms with E-state index in [-0.39, 0.29) is 11.7 Å². The number of hydrogen-bond donors (Lipinski definition) is 0. The predicted molar refractivity (Wildman–Crippen MR) is 67.5 cm³/mol. The molecule has 0 spiro atoms. The number of para-hydroxylation sites is 1. The summed E-state index contributed by atoms with van der Waals surface area (Å²) in [5.74, 6) is 0.145. The number of ketones is 1. The van der Waals surface area contributed by atoms with Gasteiger partial charge in [-0.15, -0.1) is 0 Å². The second kappa shape index (κ2) is 4.53. The summed E-state index contributed by atoms with van der Waals surface area (Å²) < 4.78 is 1.75. The third kappa shape index (κ3) is 2.28. The van der Waals surface area contributed by atoms with Crippen LogP contribution in [0, 0.1) is 12.8 Å². The number of carbonyl (C=O) groups is 1. The average molecular weight is 228 g/mol. The van der Waals surface area contributed by atoms with E-state index in [4.69, 9.17) is 0 Å². The summed E-state index contributed by atoms with van der Waals surface area (Å²) in [6, 6.07) is 9.80. The first-order chi connectivity index (χ1) is 8.09. The molecule has 0 aliphatic heterocycles. The van der Waals surface area contributed by atoms with E-state index in [1.54, 1.807) is 4.68 Å². The maximum absolute atomic E-state index is 12.0. The maximum atomic E-state index is 12.0. The van der Waals surface area contributed by atoms with Crippen molar-refractivity contribution in [3.05, 3.63) is 47.8 Å². The van der Waals surface area contributed by atoms with Gasteiger partial charge in [0.25, 0.3) is 0 Å². The molecule has 17 heavy (non-hydrogen) atoms. The van der Waals surface area contributed by atoms with Gasteiger partial charge in [-0.05, 0) is 19.1 Å². The Labute approximate surface area is 101 Å². The summed E-state index contributed by atoms with van der Waals surface area (Å²) in [5, 5.41) is 4.38. The molecule has 0 aliphatic carbocycles. The lowest BCUT2D eigenvalue weighted by atomic mass is 10.0. The van der Waals surface area contributed by atoms with Gasteiger partial charge < -0.3 is 0 Å². The molecule has 0 N–H and O–H groups in total. The molecule has 0 bridgehead atoms. The van der Waals surface area contributed by atoms with Crippen LogP contribution in [0.4, 0.5) is 0 Å². The molecule has 3 heteroatoms. The quantitative estimate of drug-likeness (QED) is 0.757. The number of rotatable bonds is 3. The number of aromatic nitrogens is 2. The zero-order valence-corrected chi connectivity index (χ0v) is 10.3. The van der Waals surface area contributed by atoms with Crippen molar-refractivity contribution in [3.63, 3.8) is 0 Å². The van der Waals surface area contributed by atoms with Crippen LogP contribution in [0.1, 0.15) is 29.9 Å². The van der Waals surface area contributed by atoms with Crippen LogP contribution in [-0.2, 0) is 0 Å². The van der Waals surface area contributed by atoms with Gasteiger partial charge >= 0.3 is 0 Å². The molecule has 0 unspecified atom stereocenters. The van der Waals surface area contributed by atoms with Crippen LogP contribution in [0.3, 0.4) is 0 Å². The number of hydrogen-bond acceptors (Lipinski definition) is 2. The van der Waals surface area contributed by atoms with Crippen molar-refractivity contribution in [1.29, 1.82) is 0 Å². The van der Waals surface area contributed by atoms with Crippen molar-refractivity contribution >= 4 is 5.78 Å². The summed E-state index contributed by atoms with van der Waals surface area (Å²) in [6.45, 7) is 5.68. The third-order valence-electron chi connectivity index (χ3n) is 2.71. The van der Waals surface area contributed by atoms with Crippen LogP contribution < -0.4 is 0 Å². The van der Waals surface area contributed by atoms with E-state index in [0.717, 1.165) is 11.4 Å². The molecule has 1 aromatic heterocycles. The fourth-order valence-corrected chi connectivity index (χ4v) is 1.73. The highest BCUT2D eigenvalue weighted by molar-refractivity contribution is 5.98. The van der Waals surface area contributed by atoms with Crippen LogP contribution in [-0.4, -0.2) is 15.6 Å². The molecule has 0 atom stereocenters. The molecule has 2 aromatic rings. The fourth-order valence-electron chi connectivity index (χ4n) is 1.73. The summed E-state index contributed by atoms with van der Waals surface area (Å²) in [7, 11) is 0. The molecule has 0 amide bonds. The zero-order valence-electron chi connectivity index (χ0n) is 10.3. The predicted octanol–water partition coefficient (Wildman–Crippen LogP) is 3.02. The Kier molecular flexibility index (Phi) is 3.09. The highest BCUT2D eigenvalue weighted by Gasteiger charge is 2.16. The third-order valence-corrected chi connectivity index (χ3v) is 2.71. The van der Waals surface area contributed by atoms with Gasteiger partial charge in [-0.2, -0.15) is 5.10 Å². The molecule has 0 saturated carbocycles. The summed E-state index contributed by atoms with van der Waals surface area (Å²) in [4.78, 5) is 12.0. The minimum atomic E-state index is 0.00197. The summed E-state index contributed by atoms with van der Waals surface area (Å²) >= 11 is 0. The molecule has 0 radical (unpaired) electrons. The first-order valence-electron chi connectivity index (χ1n) is 5.75. The first-order valence-corrected chi connectivity index (χ1v) is 5.75. The van der Waals surface area contributed by atoms with Crippen molar-refractivity contribution in [2.75, 3.05) is 0 Å². The molecular formula is C14H16N2O. The minimum Gasteiger partial charge on any atom is -0.294 e. The monoisotopic (exact) mass is 228 g/mol. The van der Waals surface area contributed by atoms with Crippen LogP contribution in [0.5, 0.6) is 0 Å². The Balaban J connectivity index is 2.41. The molecule has 0 fully saturated rings. The number of carbonyl (C=O) groups excluding carboxylic acids is 1. The van der Waals surface area contributed by atoms with E-state index in [2.05, 4.69) is 5.10 Å². The molecule has 1 aromatic carbocycles. The average Bonchev–Trinajstić information content (AvgIpc) is 2.71. The summed E-state index contributed by atoms with van der Waals surface area (Å²) in [5.41, 5.74) is 2.47. The molecular weight excluding hydrogens is 212 g/mol. The van der Waals surface area contributed by atoms with Crippen LogP contribution in [0.2, 0.25) is 0 Å². The number of aryl methyl sites for hydroxylation is 1. The fraction of sp³-hybridized carbons (Fsp3) is 0.286. The van der Waals surface area contributed by atoms with E-state index < -0.39 is 0 Å². The lowest BCUT2D eigenvalue weighted by molar-refractivity contribution is 0.0939. The van der Waals surface area contributed by atoms with E-state index >= 15 is 0 Å². The second-order valence-corrected chi connectivity index (χ2v) is 4.43. The second-order valence-electron chi connectivity index (χ2n) is 4.43. The van der Waals surface area contributed by atoms with Gasteiger partial charge in [-0.3, -0.25) is 4.79 Å². The largest absolute Gasteiger partial charge is 0.294 e. The van der Waals surface area contributed by atoms with Gasteiger partial charge in [0.05, 0.1) is 16.9 Å². The molecule has 2 rings (SSSR count). The Hall–Kier alpha value is -1.90. The molecule has 1 heterocycles.